The number of aromatic nitrogens is 2. The zero-order chi connectivity index (χ0) is 17.5. The van der Waals surface area contributed by atoms with Crippen LogP contribution in [0.2, 0.25) is 5.02 Å². The largest absolute Gasteiger partial charge is 0.393 e. The predicted octanol–water partition coefficient (Wildman–Crippen LogP) is 3.00. The smallest absolute Gasteiger partial charge is 0.339 e. The first kappa shape index (κ1) is 17.2. The maximum absolute atomic E-state index is 13.1. The Morgan fingerprint density at radius 1 is 1.25 bits per heavy atom. The van der Waals surface area contributed by atoms with Gasteiger partial charge < -0.3 is 4.52 Å². The summed E-state index contributed by atoms with van der Waals surface area (Å²) in [5, 5.41) is 4.13. The standard InChI is InChI=1S/C14H12ClF3N2O3S/c15-11-4-2-1-3-8(11)5-12-19-13(23-20-12)9-6-24(21,22)7-10(9)14(16,17)18/h1-4,9-10H,5-7H2. The number of benzene rings is 1. The molecule has 1 aromatic carbocycles. The zero-order valence-electron chi connectivity index (χ0n) is 12.1. The van der Waals surface area contributed by atoms with E-state index in [1.807, 2.05) is 0 Å². The molecule has 0 aliphatic carbocycles. The number of rotatable bonds is 3. The maximum atomic E-state index is 13.1. The molecule has 1 aliphatic heterocycles. The van der Waals surface area contributed by atoms with Crippen molar-refractivity contribution in [2.75, 3.05) is 11.5 Å². The third-order valence-electron chi connectivity index (χ3n) is 3.88. The van der Waals surface area contributed by atoms with Crippen molar-refractivity contribution in [1.82, 2.24) is 10.1 Å². The summed E-state index contributed by atoms with van der Waals surface area (Å²) in [6.07, 6.45) is -4.47. The Morgan fingerprint density at radius 3 is 2.62 bits per heavy atom. The van der Waals surface area contributed by atoms with Gasteiger partial charge in [-0.3, -0.25) is 0 Å². The molecular weight excluding hydrogens is 369 g/mol. The molecule has 0 radical (unpaired) electrons. The van der Waals surface area contributed by atoms with E-state index in [9.17, 15) is 21.6 Å². The third-order valence-corrected chi connectivity index (χ3v) is 5.98. The lowest BCUT2D eigenvalue weighted by atomic mass is 9.95. The number of halogens is 4. The van der Waals surface area contributed by atoms with Crippen molar-refractivity contribution < 1.29 is 26.1 Å². The molecule has 0 amide bonds. The molecule has 1 fully saturated rings. The van der Waals surface area contributed by atoms with Gasteiger partial charge in [0, 0.05) is 11.4 Å². The van der Waals surface area contributed by atoms with Gasteiger partial charge in [0.25, 0.3) is 0 Å². The van der Waals surface area contributed by atoms with Crippen LogP contribution in [0.1, 0.15) is 23.2 Å². The van der Waals surface area contributed by atoms with Crippen LogP contribution in [0.25, 0.3) is 0 Å². The molecule has 0 saturated carbocycles. The van der Waals surface area contributed by atoms with Crippen molar-refractivity contribution in [3.8, 4) is 0 Å². The predicted molar refractivity (Wildman–Crippen MR) is 79.5 cm³/mol. The molecule has 10 heteroatoms. The van der Waals surface area contributed by atoms with Crippen LogP contribution in [0.3, 0.4) is 0 Å². The van der Waals surface area contributed by atoms with Crippen molar-refractivity contribution in [3.63, 3.8) is 0 Å². The van der Waals surface area contributed by atoms with E-state index in [1.54, 1.807) is 24.3 Å². The van der Waals surface area contributed by atoms with Gasteiger partial charge in [-0.25, -0.2) is 8.42 Å². The van der Waals surface area contributed by atoms with E-state index in [-0.39, 0.29) is 18.1 Å². The van der Waals surface area contributed by atoms with E-state index in [4.69, 9.17) is 16.1 Å². The highest BCUT2D eigenvalue weighted by molar-refractivity contribution is 7.91. The van der Waals surface area contributed by atoms with Crippen molar-refractivity contribution in [3.05, 3.63) is 46.6 Å². The van der Waals surface area contributed by atoms with Crippen LogP contribution in [-0.2, 0) is 16.3 Å². The van der Waals surface area contributed by atoms with Gasteiger partial charge in [-0.1, -0.05) is 35.0 Å². The van der Waals surface area contributed by atoms with Crippen LogP contribution in [-0.4, -0.2) is 36.2 Å². The molecule has 2 unspecified atom stereocenters. The van der Waals surface area contributed by atoms with E-state index in [0.717, 1.165) is 0 Å². The van der Waals surface area contributed by atoms with E-state index in [0.29, 0.717) is 10.6 Å². The molecule has 2 atom stereocenters. The molecule has 5 nitrogen and oxygen atoms in total. The number of alkyl halides is 3. The second-order valence-electron chi connectivity index (χ2n) is 5.65. The van der Waals surface area contributed by atoms with Crippen molar-refractivity contribution in [2.24, 2.45) is 5.92 Å². The normalized spacial score (nSPS) is 23.5. The van der Waals surface area contributed by atoms with Gasteiger partial charge in [0.2, 0.25) is 5.89 Å². The van der Waals surface area contributed by atoms with Gasteiger partial charge in [0.1, 0.15) is 0 Å². The van der Waals surface area contributed by atoms with E-state index in [2.05, 4.69) is 10.1 Å². The lowest BCUT2D eigenvalue weighted by molar-refractivity contribution is -0.172. The third kappa shape index (κ3) is 3.56. The van der Waals surface area contributed by atoms with Crippen molar-refractivity contribution in [2.45, 2.75) is 18.5 Å². The fourth-order valence-corrected chi connectivity index (χ4v) is 4.94. The molecule has 1 saturated heterocycles. The summed E-state index contributed by atoms with van der Waals surface area (Å²) in [6.45, 7) is 0. The number of sulfone groups is 1. The van der Waals surface area contributed by atoms with Crippen LogP contribution in [0.4, 0.5) is 13.2 Å². The summed E-state index contributed by atoms with van der Waals surface area (Å²) in [5.41, 5.74) is 0.693. The quantitative estimate of drug-likeness (QED) is 0.818. The fourth-order valence-electron chi connectivity index (χ4n) is 2.72. The minimum absolute atomic E-state index is 0.156. The monoisotopic (exact) mass is 380 g/mol. The van der Waals surface area contributed by atoms with Gasteiger partial charge in [-0.15, -0.1) is 0 Å². The number of nitrogens with zero attached hydrogens (tertiary/aromatic N) is 2. The average Bonchev–Trinajstić information content (AvgIpc) is 3.05. The highest BCUT2D eigenvalue weighted by atomic mass is 35.5. The molecule has 0 spiro atoms. The zero-order valence-corrected chi connectivity index (χ0v) is 13.7. The summed E-state index contributed by atoms with van der Waals surface area (Å²) in [5.74, 6) is -5.16. The van der Waals surface area contributed by atoms with Crippen molar-refractivity contribution in [1.29, 1.82) is 0 Å². The summed E-state index contributed by atoms with van der Waals surface area (Å²) >= 11 is 6.01. The summed E-state index contributed by atoms with van der Waals surface area (Å²) < 4.78 is 67.3. The van der Waals surface area contributed by atoms with Gasteiger partial charge in [0.15, 0.2) is 15.7 Å². The molecule has 24 heavy (non-hydrogen) atoms. The van der Waals surface area contributed by atoms with Gasteiger partial charge in [-0.2, -0.15) is 18.2 Å². The Bertz CT molecular complexity index is 851. The summed E-state index contributed by atoms with van der Waals surface area (Å²) in [4.78, 5) is 3.96. The highest BCUT2D eigenvalue weighted by Crippen LogP contribution is 2.43. The highest BCUT2D eigenvalue weighted by Gasteiger charge is 2.54. The van der Waals surface area contributed by atoms with E-state index in [1.165, 1.54) is 0 Å². The van der Waals surface area contributed by atoms with E-state index < -0.39 is 39.4 Å². The van der Waals surface area contributed by atoms with Crippen molar-refractivity contribution >= 4 is 21.4 Å². The summed E-state index contributed by atoms with van der Waals surface area (Å²) in [6, 6.07) is 6.90. The molecule has 0 bridgehead atoms. The van der Waals surface area contributed by atoms with Gasteiger partial charge in [-0.05, 0) is 11.6 Å². The Balaban J connectivity index is 1.86. The van der Waals surface area contributed by atoms with Crippen LogP contribution in [0, 0.1) is 5.92 Å². The molecule has 0 N–H and O–H groups in total. The SMILES string of the molecule is O=S1(=O)CC(c2nc(Cc3ccccc3Cl)no2)C(C(F)(F)F)C1. The Kier molecular flexibility index (Phi) is 4.33. The minimum atomic E-state index is -4.65. The molecule has 2 heterocycles. The van der Waals surface area contributed by atoms with E-state index >= 15 is 0 Å². The summed E-state index contributed by atoms with van der Waals surface area (Å²) in [7, 11) is -3.80. The first-order valence-corrected chi connectivity index (χ1v) is 9.19. The van der Waals surface area contributed by atoms with Crippen LogP contribution >= 0.6 is 11.6 Å². The first-order valence-electron chi connectivity index (χ1n) is 6.99. The maximum Gasteiger partial charge on any atom is 0.393 e. The Hall–Kier alpha value is -1.61. The second kappa shape index (κ2) is 6.03. The molecular formula is C14H12ClF3N2O3S. The lowest BCUT2D eigenvalue weighted by Crippen LogP contribution is -2.28. The lowest BCUT2D eigenvalue weighted by Gasteiger charge is -2.17. The van der Waals surface area contributed by atoms with Crippen LogP contribution in [0.15, 0.2) is 28.8 Å². The number of hydrogen-bond donors (Lipinski definition) is 0. The van der Waals surface area contributed by atoms with Gasteiger partial charge >= 0.3 is 6.18 Å². The van der Waals surface area contributed by atoms with Gasteiger partial charge in [0.05, 0.1) is 23.3 Å². The minimum Gasteiger partial charge on any atom is -0.339 e. The molecule has 1 aromatic heterocycles. The second-order valence-corrected chi connectivity index (χ2v) is 8.21. The average molecular weight is 381 g/mol. The number of hydrogen-bond acceptors (Lipinski definition) is 5. The molecule has 1 aliphatic rings. The fraction of sp³-hybridized carbons (Fsp3) is 0.429. The topological polar surface area (TPSA) is 73.1 Å². The Morgan fingerprint density at radius 2 is 1.96 bits per heavy atom. The Labute approximate surface area is 140 Å². The van der Waals surface area contributed by atoms with Crippen LogP contribution < -0.4 is 0 Å². The molecule has 130 valence electrons. The first-order chi connectivity index (χ1) is 11.2. The van der Waals surface area contributed by atoms with Crippen LogP contribution in [0.5, 0.6) is 0 Å². The molecule has 3 rings (SSSR count). The molecule has 2 aromatic rings.